The molecule has 74 valence electrons. The van der Waals surface area contributed by atoms with Crippen molar-refractivity contribution in [3.63, 3.8) is 0 Å². The Morgan fingerprint density at radius 3 is 1.46 bits per heavy atom. The van der Waals surface area contributed by atoms with Crippen molar-refractivity contribution >= 4 is 0 Å². The Morgan fingerprint density at radius 1 is 0.923 bits per heavy atom. The van der Waals surface area contributed by atoms with Crippen molar-refractivity contribution < 1.29 is 37.1 Å². The van der Waals surface area contributed by atoms with Crippen molar-refractivity contribution in [3.8, 4) is 0 Å². The van der Waals surface area contributed by atoms with Gasteiger partial charge >= 0.3 is 0 Å². The van der Waals surface area contributed by atoms with Gasteiger partial charge in [-0.3, -0.25) is 14.1 Å². The summed E-state index contributed by atoms with van der Waals surface area (Å²) in [5.74, 6) is 1.30. The van der Waals surface area contributed by atoms with Gasteiger partial charge in [-0.2, -0.15) is 0 Å². The molecule has 0 aromatic carbocycles. The third-order valence-corrected chi connectivity index (χ3v) is 1.03. The van der Waals surface area contributed by atoms with Gasteiger partial charge in [0.1, 0.15) is 0 Å². The molecule has 0 aliphatic rings. The summed E-state index contributed by atoms with van der Waals surface area (Å²) in [7, 11) is 6.83. The van der Waals surface area contributed by atoms with Crippen LogP contribution >= 0.6 is 0 Å². The standard InChI is InChI=1S/C7H14N4.2V/c1-6(8-3)10-5-11-7(2)9-4;;/h8-11H,1-5H2;;/q-2;;. The number of hydrogen-bond donors (Lipinski definition) is 4. The van der Waals surface area contributed by atoms with Gasteiger partial charge in [-0.1, -0.05) is 13.2 Å². The van der Waals surface area contributed by atoms with E-state index < -0.39 is 0 Å². The summed E-state index contributed by atoms with van der Waals surface area (Å²) in [5.41, 5.74) is 0. The normalized spacial score (nSPS) is 6.92. The maximum Gasteiger partial charge on any atom is 0.0871 e. The molecule has 0 saturated heterocycles. The quantitative estimate of drug-likeness (QED) is 0.393. The predicted octanol–water partition coefficient (Wildman–Crippen LogP) is -0.177. The van der Waals surface area contributed by atoms with E-state index in [1.165, 1.54) is 0 Å². The molecule has 0 aromatic rings. The smallest absolute Gasteiger partial charge is 0.0871 e. The Labute approximate surface area is 104 Å². The van der Waals surface area contributed by atoms with Crippen LogP contribution in [0.3, 0.4) is 0 Å². The maximum atomic E-state index is 3.61. The molecule has 4 N–H and O–H groups in total. The molecule has 0 bridgehead atoms. The predicted molar refractivity (Wildman–Crippen MR) is 46.4 cm³/mol. The zero-order valence-corrected chi connectivity index (χ0v) is 10.2. The molecule has 6 heteroatoms. The Kier molecular flexibility index (Phi) is 17.0. The monoisotopic (exact) mass is 256 g/mol. The van der Waals surface area contributed by atoms with Gasteiger partial charge in [0.2, 0.25) is 0 Å². The second-order valence-electron chi connectivity index (χ2n) is 1.84. The van der Waals surface area contributed by atoms with Crippen LogP contribution in [-0.2, 0) is 37.1 Å². The van der Waals surface area contributed by atoms with Crippen LogP contribution in [0.4, 0.5) is 0 Å². The first-order valence-corrected chi connectivity index (χ1v) is 3.12. The van der Waals surface area contributed by atoms with Crippen molar-refractivity contribution in [3.05, 3.63) is 38.9 Å². The average Bonchev–Trinajstić information content (AvgIpc) is 2.04. The Hall–Kier alpha value is -0.151. The van der Waals surface area contributed by atoms with E-state index in [1.807, 2.05) is 0 Å². The Balaban J connectivity index is -0.000000500. The minimum absolute atomic E-state index is 0. The van der Waals surface area contributed by atoms with Crippen molar-refractivity contribution in [2.45, 2.75) is 0 Å². The number of hydrogen-bond acceptors (Lipinski definition) is 4. The average molecular weight is 256 g/mol. The van der Waals surface area contributed by atoms with E-state index in [2.05, 4.69) is 48.5 Å². The fourth-order valence-corrected chi connectivity index (χ4v) is 0.383. The van der Waals surface area contributed by atoms with Crippen LogP contribution in [-0.4, -0.2) is 6.67 Å². The molecule has 0 amide bonds. The molecule has 0 fully saturated rings. The molecule has 0 unspecified atom stereocenters. The van der Waals surface area contributed by atoms with Gasteiger partial charge in [0.15, 0.2) is 0 Å². The van der Waals surface area contributed by atoms with Gasteiger partial charge in [0, 0.05) is 37.1 Å². The molecule has 0 rings (SSSR count). The number of nitrogens with one attached hydrogen (secondary N) is 4. The largest absolute Gasteiger partial charge is 0.525 e. The molecule has 0 aliphatic carbocycles. The maximum absolute atomic E-state index is 3.61. The second-order valence-corrected chi connectivity index (χ2v) is 1.84. The van der Waals surface area contributed by atoms with Crippen LogP contribution in [0.1, 0.15) is 0 Å². The molecule has 0 aromatic heterocycles. The molecule has 13 heavy (non-hydrogen) atoms. The van der Waals surface area contributed by atoms with E-state index in [1.54, 1.807) is 0 Å². The van der Waals surface area contributed by atoms with E-state index in [0.29, 0.717) is 18.3 Å². The zero-order valence-electron chi connectivity index (χ0n) is 7.43. The van der Waals surface area contributed by atoms with E-state index in [4.69, 9.17) is 0 Å². The first-order valence-electron chi connectivity index (χ1n) is 3.12. The van der Waals surface area contributed by atoms with Crippen LogP contribution < -0.4 is 21.3 Å². The fourth-order valence-electron chi connectivity index (χ4n) is 0.383. The van der Waals surface area contributed by atoms with Gasteiger partial charge in [-0.15, -0.1) is 0 Å². The summed E-state index contributed by atoms with van der Waals surface area (Å²) in [6, 6.07) is 0. The van der Waals surface area contributed by atoms with Gasteiger partial charge in [-0.25, -0.2) is 0 Å². The summed E-state index contributed by atoms with van der Waals surface area (Å²) in [6.45, 7) is 7.74. The van der Waals surface area contributed by atoms with Gasteiger partial charge in [0.05, 0.1) is 18.3 Å². The molecule has 0 aliphatic heterocycles. The molecular formula is C7H14N4V2-2. The summed E-state index contributed by atoms with van der Waals surface area (Å²) in [4.78, 5) is 0. The summed E-state index contributed by atoms with van der Waals surface area (Å²) < 4.78 is 0. The third kappa shape index (κ3) is 11.8. The first-order chi connectivity index (χ1) is 5.20. The summed E-state index contributed by atoms with van der Waals surface area (Å²) >= 11 is 0. The van der Waals surface area contributed by atoms with E-state index in [9.17, 15) is 0 Å². The fraction of sp³-hybridized carbons (Fsp3) is 0.143. The Bertz CT molecular complexity index is 133. The second kappa shape index (κ2) is 11.8. The van der Waals surface area contributed by atoms with Crippen LogP contribution in [0.25, 0.3) is 0 Å². The van der Waals surface area contributed by atoms with Crippen LogP contribution in [0, 0.1) is 14.1 Å². The molecule has 0 spiro atoms. The van der Waals surface area contributed by atoms with E-state index in [-0.39, 0.29) is 37.1 Å². The van der Waals surface area contributed by atoms with Crippen LogP contribution in [0.5, 0.6) is 0 Å². The molecule has 0 atom stereocenters. The van der Waals surface area contributed by atoms with Gasteiger partial charge < -0.3 is 21.3 Å². The first kappa shape index (κ1) is 18.6. The summed E-state index contributed by atoms with van der Waals surface area (Å²) in [5, 5.41) is 11.0. The summed E-state index contributed by atoms with van der Waals surface area (Å²) in [6.07, 6.45) is 0. The van der Waals surface area contributed by atoms with Crippen LogP contribution in [0.15, 0.2) is 24.8 Å². The van der Waals surface area contributed by atoms with Crippen molar-refractivity contribution in [1.29, 1.82) is 0 Å². The van der Waals surface area contributed by atoms with E-state index in [0.717, 1.165) is 0 Å². The Morgan fingerprint density at radius 2 is 1.23 bits per heavy atom. The molecule has 0 heterocycles. The zero-order chi connectivity index (χ0) is 8.69. The van der Waals surface area contributed by atoms with Crippen molar-refractivity contribution in [2.75, 3.05) is 6.67 Å². The molecule has 0 saturated carbocycles. The minimum Gasteiger partial charge on any atom is -0.525 e. The van der Waals surface area contributed by atoms with E-state index >= 15 is 0 Å². The van der Waals surface area contributed by atoms with Gasteiger partial charge in [-0.05, 0) is 0 Å². The molecule has 4 nitrogen and oxygen atoms in total. The topological polar surface area (TPSA) is 48.1 Å². The van der Waals surface area contributed by atoms with Crippen molar-refractivity contribution in [1.82, 2.24) is 21.3 Å². The van der Waals surface area contributed by atoms with Gasteiger partial charge in [0.25, 0.3) is 0 Å². The molecular weight excluding hydrogens is 242 g/mol. The number of rotatable bonds is 6. The van der Waals surface area contributed by atoms with Crippen molar-refractivity contribution in [2.24, 2.45) is 0 Å². The molecule has 2 radical (unpaired) electrons. The minimum atomic E-state index is 0. The SMILES string of the molecule is C=C(N[CH2-])NCNC(=C)N[CH2-].[V].[V]. The third-order valence-electron chi connectivity index (χ3n) is 1.03. The van der Waals surface area contributed by atoms with Crippen LogP contribution in [0.2, 0.25) is 0 Å².